The van der Waals surface area contributed by atoms with Crippen molar-refractivity contribution in [2.45, 2.75) is 11.1 Å². The largest absolute Gasteiger partial charge is 0.497 e. The highest BCUT2D eigenvalue weighted by molar-refractivity contribution is 8.13. The number of halogens is 3. The second kappa shape index (κ2) is 4.57. The van der Waals surface area contributed by atoms with Crippen LogP contribution in [0.25, 0.3) is 0 Å². The Morgan fingerprint density at radius 2 is 2.07 bits per heavy atom. The summed E-state index contributed by atoms with van der Waals surface area (Å²) >= 11 is 0.136. The van der Waals surface area contributed by atoms with Gasteiger partial charge in [-0.2, -0.15) is 13.2 Å². The fourth-order valence-corrected chi connectivity index (χ4v) is 1.48. The van der Waals surface area contributed by atoms with E-state index in [2.05, 4.69) is 0 Å². The van der Waals surface area contributed by atoms with Crippen LogP contribution in [0, 0.1) is 0 Å². The Bertz CT molecular complexity index is 363. The summed E-state index contributed by atoms with van der Waals surface area (Å²) in [6.07, 6.45) is -4.81. The number of methoxy groups -OCH3 is 1. The Kier molecular flexibility index (Phi) is 3.62. The number of hydrogen-bond acceptors (Lipinski definition) is 3. The lowest BCUT2D eigenvalue weighted by atomic mass is 10.3. The molecule has 0 radical (unpaired) electrons. The first-order valence-corrected chi connectivity index (χ1v) is 4.68. The molecule has 0 aliphatic heterocycles. The van der Waals surface area contributed by atoms with E-state index >= 15 is 0 Å². The summed E-state index contributed by atoms with van der Waals surface area (Å²) in [6.45, 7) is 0. The molecule has 1 rings (SSSR count). The number of ether oxygens (including phenoxy) is 1. The first-order chi connectivity index (χ1) is 6.93. The van der Waals surface area contributed by atoms with E-state index in [1.165, 1.54) is 25.3 Å². The number of carbonyl (C=O) groups is 1. The minimum Gasteiger partial charge on any atom is -0.497 e. The van der Waals surface area contributed by atoms with Crippen LogP contribution in [0.1, 0.15) is 0 Å². The maximum absolute atomic E-state index is 11.9. The van der Waals surface area contributed by atoms with Gasteiger partial charge in [0, 0.05) is 4.90 Å². The molecule has 1 aromatic rings. The van der Waals surface area contributed by atoms with Crippen molar-refractivity contribution in [1.82, 2.24) is 0 Å². The number of carbonyl (C=O) groups excluding carboxylic acids is 1. The molecule has 15 heavy (non-hydrogen) atoms. The molecule has 0 bridgehead atoms. The van der Waals surface area contributed by atoms with Crippen molar-refractivity contribution in [2.75, 3.05) is 7.11 Å². The van der Waals surface area contributed by atoms with Crippen LogP contribution in [0.2, 0.25) is 0 Å². The van der Waals surface area contributed by atoms with Crippen LogP contribution < -0.4 is 4.74 Å². The fraction of sp³-hybridized carbons (Fsp3) is 0.222. The summed E-state index contributed by atoms with van der Waals surface area (Å²) in [6, 6.07) is 5.89. The van der Waals surface area contributed by atoms with E-state index in [0.29, 0.717) is 5.75 Å². The minimum atomic E-state index is -4.81. The third kappa shape index (κ3) is 3.47. The lowest BCUT2D eigenvalue weighted by molar-refractivity contribution is -0.160. The first kappa shape index (κ1) is 11.9. The second-order valence-electron chi connectivity index (χ2n) is 2.57. The van der Waals surface area contributed by atoms with Gasteiger partial charge in [0.05, 0.1) is 7.11 Å². The molecule has 0 aromatic heterocycles. The highest BCUT2D eigenvalue weighted by Crippen LogP contribution is 2.30. The van der Waals surface area contributed by atoms with Crippen LogP contribution in [0.15, 0.2) is 29.2 Å². The molecule has 6 heteroatoms. The highest BCUT2D eigenvalue weighted by atomic mass is 32.2. The van der Waals surface area contributed by atoms with E-state index in [9.17, 15) is 18.0 Å². The zero-order valence-electron chi connectivity index (χ0n) is 7.67. The van der Waals surface area contributed by atoms with E-state index < -0.39 is 11.3 Å². The third-order valence-electron chi connectivity index (χ3n) is 1.48. The Balaban J connectivity index is 2.77. The number of benzene rings is 1. The molecule has 0 heterocycles. The van der Waals surface area contributed by atoms with Crippen molar-refractivity contribution in [3.63, 3.8) is 0 Å². The molecule has 0 saturated heterocycles. The third-order valence-corrected chi connectivity index (χ3v) is 2.39. The summed E-state index contributed by atoms with van der Waals surface area (Å²) in [5, 5.41) is -1.84. The number of hydrogen-bond donors (Lipinski definition) is 0. The van der Waals surface area contributed by atoms with Gasteiger partial charge in [0.25, 0.3) is 5.12 Å². The van der Waals surface area contributed by atoms with Gasteiger partial charge >= 0.3 is 6.18 Å². The molecular weight excluding hydrogens is 229 g/mol. The molecule has 2 nitrogen and oxygen atoms in total. The number of rotatable bonds is 2. The van der Waals surface area contributed by atoms with Crippen molar-refractivity contribution in [3.05, 3.63) is 24.3 Å². The summed E-state index contributed by atoms with van der Waals surface area (Å²) < 4.78 is 40.6. The van der Waals surface area contributed by atoms with Crippen LogP contribution >= 0.6 is 11.8 Å². The molecule has 0 saturated carbocycles. The van der Waals surface area contributed by atoms with Crippen LogP contribution in [0.4, 0.5) is 13.2 Å². The smallest absolute Gasteiger partial charge is 0.461 e. The topological polar surface area (TPSA) is 26.3 Å². The average molecular weight is 236 g/mol. The maximum Gasteiger partial charge on any atom is 0.461 e. The number of thioether (sulfide) groups is 1. The Labute approximate surface area is 88.4 Å². The van der Waals surface area contributed by atoms with Crippen LogP contribution in [0.5, 0.6) is 5.75 Å². The SMILES string of the molecule is COc1cccc(SC(=O)C(F)(F)F)c1. The molecule has 0 spiro atoms. The monoisotopic (exact) mass is 236 g/mol. The van der Waals surface area contributed by atoms with Gasteiger partial charge in [-0.3, -0.25) is 4.79 Å². The Morgan fingerprint density at radius 1 is 1.40 bits per heavy atom. The van der Waals surface area contributed by atoms with E-state index in [4.69, 9.17) is 4.74 Å². The highest BCUT2D eigenvalue weighted by Gasteiger charge is 2.39. The first-order valence-electron chi connectivity index (χ1n) is 3.86. The van der Waals surface area contributed by atoms with E-state index in [-0.39, 0.29) is 16.7 Å². The second-order valence-corrected chi connectivity index (χ2v) is 3.61. The molecule has 0 fully saturated rings. The summed E-state index contributed by atoms with van der Waals surface area (Å²) in [4.78, 5) is 10.8. The molecule has 1 aromatic carbocycles. The zero-order valence-corrected chi connectivity index (χ0v) is 8.48. The van der Waals surface area contributed by atoms with Gasteiger partial charge < -0.3 is 4.74 Å². The summed E-state index contributed by atoms with van der Waals surface area (Å²) in [5.41, 5.74) is 0. The van der Waals surface area contributed by atoms with Crippen LogP contribution in [-0.4, -0.2) is 18.4 Å². The van der Waals surface area contributed by atoms with Gasteiger partial charge in [0.15, 0.2) is 0 Å². The standard InChI is InChI=1S/C9H7F3O2S/c1-14-6-3-2-4-7(5-6)15-8(13)9(10,11)12/h2-5H,1H3. The average Bonchev–Trinajstić information content (AvgIpc) is 2.16. The predicted octanol–water partition coefficient (Wildman–Crippen LogP) is 2.88. The minimum absolute atomic E-state index is 0.136. The van der Waals surface area contributed by atoms with E-state index in [1.807, 2.05) is 0 Å². The van der Waals surface area contributed by atoms with Crippen molar-refractivity contribution < 1.29 is 22.7 Å². The van der Waals surface area contributed by atoms with Crippen molar-refractivity contribution in [3.8, 4) is 5.75 Å². The predicted molar refractivity (Wildman–Crippen MR) is 49.9 cm³/mol. The van der Waals surface area contributed by atoms with Crippen molar-refractivity contribution in [1.29, 1.82) is 0 Å². The molecule has 0 N–H and O–H groups in total. The van der Waals surface area contributed by atoms with Crippen molar-refractivity contribution in [2.24, 2.45) is 0 Å². The number of alkyl halides is 3. The Hall–Kier alpha value is -1.17. The lowest BCUT2D eigenvalue weighted by Crippen LogP contribution is -2.18. The lowest BCUT2D eigenvalue weighted by Gasteiger charge is -2.05. The molecule has 0 unspecified atom stereocenters. The van der Waals surface area contributed by atoms with Crippen LogP contribution in [0.3, 0.4) is 0 Å². The van der Waals surface area contributed by atoms with Crippen LogP contribution in [-0.2, 0) is 4.79 Å². The molecule has 0 aliphatic rings. The van der Waals surface area contributed by atoms with Gasteiger partial charge in [-0.05, 0) is 30.0 Å². The molecule has 0 amide bonds. The molecular formula is C9H7F3O2S. The van der Waals surface area contributed by atoms with Gasteiger partial charge in [-0.1, -0.05) is 6.07 Å². The van der Waals surface area contributed by atoms with Gasteiger partial charge in [-0.25, -0.2) is 0 Å². The van der Waals surface area contributed by atoms with Gasteiger partial charge in [-0.15, -0.1) is 0 Å². The maximum atomic E-state index is 11.9. The molecule has 82 valence electrons. The summed E-state index contributed by atoms with van der Waals surface area (Å²) in [5.74, 6) is 0.412. The van der Waals surface area contributed by atoms with E-state index in [0.717, 1.165) is 0 Å². The summed E-state index contributed by atoms with van der Waals surface area (Å²) in [7, 11) is 1.40. The molecule has 0 aliphatic carbocycles. The normalized spacial score (nSPS) is 11.2. The van der Waals surface area contributed by atoms with E-state index in [1.54, 1.807) is 6.07 Å². The van der Waals surface area contributed by atoms with Gasteiger partial charge in [0.1, 0.15) is 5.75 Å². The van der Waals surface area contributed by atoms with Crippen molar-refractivity contribution >= 4 is 16.9 Å². The quantitative estimate of drug-likeness (QED) is 0.738. The van der Waals surface area contributed by atoms with Gasteiger partial charge in [0.2, 0.25) is 0 Å². The molecule has 0 atom stereocenters. The fourth-order valence-electron chi connectivity index (χ4n) is 0.830. The zero-order chi connectivity index (χ0) is 11.5. The Morgan fingerprint density at radius 3 is 2.60 bits per heavy atom.